The summed E-state index contributed by atoms with van der Waals surface area (Å²) in [7, 11) is 0. The number of ether oxygens (including phenoxy) is 3. The van der Waals surface area contributed by atoms with Crippen LogP contribution in [-0.4, -0.2) is 38.5 Å². The van der Waals surface area contributed by atoms with Crippen LogP contribution in [0, 0.1) is 0 Å². The predicted octanol–water partition coefficient (Wildman–Crippen LogP) is 1.71. The average molecular weight is 334 g/mol. The minimum Gasteiger partial charge on any atom is -0.454 e. The number of amides is 1. The fourth-order valence-corrected chi connectivity index (χ4v) is 3.39. The molecule has 1 saturated heterocycles. The Morgan fingerprint density at radius 1 is 1.29 bits per heavy atom. The maximum Gasteiger partial charge on any atom is 0.236 e. The van der Waals surface area contributed by atoms with E-state index in [-0.39, 0.29) is 18.1 Å². The number of fused-ring (bicyclic) bond motifs is 1. The number of hydrogen-bond donors (Lipinski definition) is 2. The zero-order chi connectivity index (χ0) is 17.0. The van der Waals surface area contributed by atoms with E-state index < -0.39 is 6.04 Å². The van der Waals surface area contributed by atoms with E-state index in [1.165, 1.54) is 0 Å². The van der Waals surface area contributed by atoms with Gasteiger partial charge >= 0.3 is 0 Å². The summed E-state index contributed by atoms with van der Waals surface area (Å²) in [6.45, 7) is 4.22. The van der Waals surface area contributed by atoms with Crippen molar-refractivity contribution in [3.05, 3.63) is 23.8 Å². The van der Waals surface area contributed by atoms with Gasteiger partial charge in [-0.05, 0) is 37.0 Å². The van der Waals surface area contributed by atoms with Crippen LogP contribution in [0.2, 0.25) is 0 Å². The number of nitrogens with two attached hydrogens (primary N) is 1. The van der Waals surface area contributed by atoms with Crippen LogP contribution in [0.4, 0.5) is 0 Å². The minimum absolute atomic E-state index is 0.0801. The maximum atomic E-state index is 12.2. The number of benzene rings is 1. The Kier molecular flexibility index (Phi) is 5.26. The Bertz CT molecular complexity index is 584. The van der Waals surface area contributed by atoms with Crippen molar-refractivity contribution in [1.29, 1.82) is 0 Å². The van der Waals surface area contributed by atoms with Crippen LogP contribution in [0.3, 0.4) is 0 Å². The quantitative estimate of drug-likeness (QED) is 0.827. The van der Waals surface area contributed by atoms with Gasteiger partial charge in [0.1, 0.15) is 0 Å². The van der Waals surface area contributed by atoms with E-state index >= 15 is 0 Å². The van der Waals surface area contributed by atoms with Crippen molar-refractivity contribution < 1.29 is 19.0 Å². The molecule has 24 heavy (non-hydrogen) atoms. The molecule has 2 aliphatic rings. The number of carbonyl (C=O) groups excluding carboxylic acids is 1. The van der Waals surface area contributed by atoms with Gasteiger partial charge in [0.05, 0.1) is 6.04 Å². The number of rotatable bonds is 6. The van der Waals surface area contributed by atoms with Crippen molar-refractivity contribution in [2.45, 2.75) is 44.1 Å². The van der Waals surface area contributed by atoms with Crippen LogP contribution in [0.15, 0.2) is 18.2 Å². The third-order valence-corrected chi connectivity index (χ3v) is 4.97. The highest BCUT2D eigenvalue weighted by molar-refractivity contribution is 5.81. The lowest BCUT2D eigenvalue weighted by Crippen LogP contribution is -2.48. The first kappa shape index (κ1) is 17.0. The topological polar surface area (TPSA) is 82.8 Å². The monoisotopic (exact) mass is 334 g/mol. The van der Waals surface area contributed by atoms with E-state index in [0.717, 1.165) is 36.3 Å². The van der Waals surface area contributed by atoms with Gasteiger partial charge in [0.15, 0.2) is 11.5 Å². The van der Waals surface area contributed by atoms with Crippen LogP contribution < -0.4 is 20.5 Å². The van der Waals surface area contributed by atoms with E-state index in [2.05, 4.69) is 11.4 Å². The van der Waals surface area contributed by atoms with Gasteiger partial charge in [0, 0.05) is 25.2 Å². The molecule has 6 nitrogen and oxygen atoms in total. The fraction of sp³-hybridized carbons (Fsp3) is 0.611. The lowest BCUT2D eigenvalue weighted by Gasteiger charge is -2.38. The minimum atomic E-state index is -0.441. The van der Waals surface area contributed by atoms with Crippen LogP contribution in [0.25, 0.3) is 0 Å². The molecule has 0 bridgehead atoms. The first-order valence-electron chi connectivity index (χ1n) is 8.66. The third-order valence-electron chi connectivity index (χ3n) is 4.97. The zero-order valence-corrected chi connectivity index (χ0v) is 14.2. The molecule has 1 amide bonds. The summed E-state index contributed by atoms with van der Waals surface area (Å²) in [5, 5.41) is 3.05. The zero-order valence-electron chi connectivity index (χ0n) is 14.2. The molecular formula is C18H26N2O4. The standard InChI is InChI=1S/C18H26N2O4/c1-2-3-14(19)17(21)20-11-18(6-8-22-9-7-18)13-4-5-15-16(10-13)24-12-23-15/h4-5,10,14H,2-3,6-9,11-12,19H2,1H3,(H,20,21). The molecule has 0 aromatic heterocycles. The Labute approximate surface area is 142 Å². The number of nitrogens with one attached hydrogen (secondary N) is 1. The summed E-state index contributed by atoms with van der Waals surface area (Å²) >= 11 is 0. The summed E-state index contributed by atoms with van der Waals surface area (Å²) in [5.74, 6) is 1.46. The molecule has 0 saturated carbocycles. The Hall–Kier alpha value is -1.79. The lowest BCUT2D eigenvalue weighted by atomic mass is 9.74. The van der Waals surface area contributed by atoms with E-state index in [0.29, 0.717) is 26.2 Å². The molecule has 1 aromatic carbocycles. The van der Waals surface area contributed by atoms with Crippen LogP contribution in [-0.2, 0) is 14.9 Å². The second-order valence-corrected chi connectivity index (χ2v) is 6.57. The highest BCUT2D eigenvalue weighted by Gasteiger charge is 2.36. The predicted molar refractivity (Wildman–Crippen MR) is 90.2 cm³/mol. The van der Waals surface area contributed by atoms with Gasteiger partial charge < -0.3 is 25.3 Å². The summed E-state index contributed by atoms with van der Waals surface area (Å²) in [6.07, 6.45) is 3.31. The number of carbonyl (C=O) groups is 1. The van der Waals surface area contributed by atoms with Crippen molar-refractivity contribution in [3.63, 3.8) is 0 Å². The molecule has 0 aliphatic carbocycles. The second kappa shape index (κ2) is 7.40. The van der Waals surface area contributed by atoms with Crippen LogP contribution in [0.5, 0.6) is 11.5 Å². The third kappa shape index (κ3) is 3.49. The van der Waals surface area contributed by atoms with E-state index in [4.69, 9.17) is 19.9 Å². The second-order valence-electron chi connectivity index (χ2n) is 6.57. The summed E-state index contributed by atoms with van der Waals surface area (Å²) in [5.41, 5.74) is 6.93. The Morgan fingerprint density at radius 3 is 2.79 bits per heavy atom. The van der Waals surface area contributed by atoms with Crippen LogP contribution >= 0.6 is 0 Å². The maximum absolute atomic E-state index is 12.2. The van der Waals surface area contributed by atoms with Crippen molar-refractivity contribution in [2.24, 2.45) is 5.73 Å². The van der Waals surface area contributed by atoms with Gasteiger partial charge in [-0.1, -0.05) is 19.4 Å². The van der Waals surface area contributed by atoms with E-state index in [1.54, 1.807) is 0 Å². The lowest BCUT2D eigenvalue weighted by molar-refractivity contribution is -0.123. The summed E-state index contributed by atoms with van der Waals surface area (Å²) < 4.78 is 16.4. The van der Waals surface area contributed by atoms with E-state index in [9.17, 15) is 4.79 Å². The highest BCUT2D eigenvalue weighted by Crippen LogP contribution is 2.40. The van der Waals surface area contributed by atoms with Gasteiger partial charge in [-0.2, -0.15) is 0 Å². The smallest absolute Gasteiger partial charge is 0.236 e. The summed E-state index contributed by atoms with van der Waals surface area (Å²) in [6, 6.07) is 5.60. The van der Waals surface area contributed by atoms with Gasteiger partial charge in [0.2, 0.25) is 12.7 Å². The first-order valence-corrected chi connectivity index (χ1v) is 8.66. The molecule has 1 atom stereocenters. The van der Waals surface area contributed by atoms with Crippen molar-refractivity contribution in [1.82, 2.24) is 5.32 Å². The molecule has 0 radical (unpaired) electrons. The molecule has 3 rings (SSSR count). The fourth-order valence-electron chi connectivity index (χ4n) is 3.39. The molecule has 1 aromatic rings. The van der Waals surface area contributed by atoms with E-state index in [1.807, 2.05) is 19.1 Å². The molecule has 132 valence electrons. The SMILES string of the molecule is CCCC(N)C(=O)NCC1(c2ccc3c(c2)OCO3)CCOCC1. The van der Waals surface area contributed by atoms with Crippen molar-refractivity contribution in [2.75, 3.05) is 26.6 Å². The molecule has 0 spiro atoms. The Balaban J connectivity index is 1.76. The Morgan fingerprint density at radius 2 is 2.04 bits per heavy atom. The molecule has 3 N–H and O–H groups in total. The van der Waals surface area contributed by atoms with Crippen molar-refractivity contribution in [3.8, 4) is 11.5 Å². The largest absolute Gasteiger partial charge is 0.454 e. The number of hydrogen-bond acceptors (Lipinski definition) is 5. The molecule has 1 unspecified atom stereocenters. The van der Waals surface area contributed by atoms with Crippen LogP contribution in [0.1, 0.15) is 38.2 Å². The molecule has 2 aliphatic heterocycles. The van der Waals surface area contributed by atoms with Crippen molar-refractivity contribution >= 4 is 5.91 Å². The van der Waals surface area contributed by atoms with Gasteiger partial charge in [0.25, 0.3) is 0 Å². The molecule has 6 heteroatoms. The average Bonchev–Trinajstić information content (AvgIpc) is 3.08. The van der Waals surface area contributed by atoms with Gasteiger partial charge in [-0.25, -0.2) is 0 Å². The molecular weight excluding hydrogens is 308 g/mol. The molecule has 1 fully saturated rings. The van der Waals surface area contributed by atoms with Gasteiger partial charge in [-0.3, -0.25) is 4.79 Å². The summed E-state index contributed by atoms with van der Waals surface area (Å²) in [4.78, 5) is 12.2. The normalized spacial score (nSPS) is 19.8. The van der Waals surface area contributed by atoms with Gasteiger partial charge in [-0.15, -0.1) is 0 Å². The first-order chi connectivity index (χ1) is 11.6. The molecule has 2 heterocycles. The highest BCUT2D eigenvalue weighted by atomic mass is 16.7.